The lowest BCUT2D eigenvalue weighted by atomic mass is 9.60. The summed E-state index contributed by atoms with van der Waals surface area (Å²) in [5, 5.41) is 31.0. The van der Waals surface area contributed by atoms with E-state index in [1.54, 1.807) is 0 Å². The number of carbonyl (C=O) groups is 7. The van der Waals surface area contributed by atoms with Crippen LogP contribution in [0, 0.1) is 0 Å². The van der Waals surface area contributed by atoms with Crippen LogP contribution in [0.5, 0.6) is 0 Å². The van der Waals surface area contributed by atoms with Crippen LogP contribution in [0.15, 0.2) is 0 Å². The molecule has 15 nitrogen and oxygen atoms in total. The Balaban J connectivity index is 4.49. The number of rotatable bonds is 10. The van der Waals surface area contributed by atoms with Crippen LogP contribution < -0.4 is 5.73 Å². The largest absolute Gasteiger partial charge is 0.476 e. The van der Waals surface area contributed by atoms with Gasteiger partial charge >= 0.3 is 29.7 Å². The van der Waals surface area contributed by atoms with Gasteiger partial charge in [0.15, 0.2) is 23.0 Å². The van der Waals surface area contributed by atoms with Gasteiger partial charge in [0.05, 0.1) is 25.2 Å². The first-order valence-corrected chi connectivity index (χ1v) is 10.4. The first-order chi connectivity index (χ1) is 16.3. The van der Waals surface area contributed by atoms with Gasteiger partial charge in [-0.15, -0.1) is 0 Å². The third-order valence-electron chi connectivity index (χ3n) is 5.84. The van der Waals surface area contributed by atoms with E-state index in [0.717, 1.165) is 13.8 Å². The van der Waals surface area contributed by atoms with E-state index in [9.17, 15) is 48.9 Å². The van der Waals surface area contributed by atoms with Crippen LogP contribution in [0.2, 0.25) is 0 Å². The van der Waals surface area contributed by atoms with E-state index >= 15 is 0 Å². The van der Waals surface area contributed by atoms with Crippen molar-refractivity contribution in [1.29, 1.82) is 0 Å². The van der Waals surface area contributed by atoms with Crippen molar-refractivity contribution in [2.75, 3.05) is 6.61 Å². The number of ether oxygens (including phenoxy) is 4. The smallest absolute Gasteiger partial charge is 0.377 e. The van der Waals surface area contributed by atoms with Gasteiger partial charge in [-0.2, -0.15) is 0 Å². The summed E-state index contributed by atoms with van der Waals surface area (Å²) in [7, 11) is 0. The molecule has 0 saturated carbocycles. The Morgan fingerprint density at radius 2 is 1.42 bits per heavy atom. The molecule has 1 aliphatic heterocycles. The zero-order valence-corrected chi connectivity index (χ0v) is 20.5. The number of aliphatic hydroxyl groups is 2. The van der Waals surface area contributed by atoms with Crippen molar-refractivity contribution in [3.05, 3.63) is 0 Å². The summed E-state index contributed by atoms with van der Waals surface area (Å²) in [6.45, 7) is 2.65. The first-order valence-electron chi connectivity index (χ1n) is 10.4. The van der Waals surface area contributed by atoms with Gasteiger partial charge in [0.1, 0.15) is 0 Å². The minimum absolute atomic E-state index is 0.649. The van der Waals surface area contributed by atoms with Crippen molar-refractivity contribution in [1.82, 2.24) is 0 Å². The van der Waals surface area contributed by atoms with E-state index in [-0.39, 0.29) is 0 Å². The van der Waals surface area contributed by atoms with E-state index in [2.05, 4.69) is 0 Å². The van der Waals surface area contributed by atoms with Crippen LogP contribution in [-0.4, -0.2) is 97.9 Å². The second kappa shape index (κ2) is 10.4. The molecule has 1 aliphatic rings. The lowest BCUT2D eigenvalue weighted by Gasteiger charge is -2.59. The van der Waals surface area contributed by atoms with Crippen molar-refractivity contribution in [3.8, 4) is 0 Å². The van der Waals surface area contributed by atoms with Crippen LogP contribution in [0.1, 0.15) is 48.0 Å². The van der Waals surface area contributed by atoms with Gasteiger partial charge in [-0.1, -0.05) is 0 Å². The van der Waals surface area contributed by atoms with Crippen LogP contribution >= 0.6 is 0 Å². The highest BCUT2D eigenvalue weighted by molar-refractivity contribution is 6.07. The molecule has 1 heterocycles. The van der Waals surface area contributed by atoms with E-state index in [4.69, 9.17) is 24.7 Å². The highest BCUT2D eigenvalue weighted by atomic mass is 16.8. The quantitative estimate of drug-likeness (QED) is 0.173. The van der Waals surface area contributed by atoms with Gasteiger partial charge in [0.2, 0.25) is 5.60 Å². The molecule has 36 heavy (non-hydrogen) atoms. The van der Waals surface area contributed by atoms with E-state index in [0.29, 0.717) is 27.7 Å². The lowest BCUT2D eigenvalue weighted by molar-refractivity contribution is -0.344. The monoisotopic (exact) mass is 519 g/mol. The number of Topliss-reactive ketones (excluding diaryl/α,β-unsaturated/α-hetero) is 3. The number of carbonyl (C=O) groups excluding carboxylic acids is 6. The molecule has 202 valence electrons. The predicted octanol–water partition coefficient (Wildman–Crippen LogP) is -2.46. The van der Waals surface area contributed by atoms with Crippen molar-refractivity contribution < 1.29 is 67.8 Å². The van der Waals surface area contributed by atoms with Gasteiger partial charge in [-0.05, 0) is 20.8 Å². The van der Waals surface area contributed by atoms with Crippen LogP contribution in [0.4, 0.5) is 0 Å². The molecular formula is C21H29NO14. The molecule has 5 N–H and O–H groups in total. The molecule has 0 radical (unpaired) electrons. The minimum Gasteiger partial charge on any atom is -0.476 e. The maximum atomic E-state index is 13.4. The zero-order valence-electron chi connectivity index (χ0n) is 20.5. The predicted molar refractivity (Wildman–Crippen MR) is 113 cm³/mol. The fourth-order valence-electron chi connectivity index (χ4n) is 4.56. The summed E-state index contributed by atoms with van der Waals surface area (Å²) in [6.07, 6.45) is -3.21. The number of aliphatic carboxylic acids is 1. The SMILES string of the molecule is CC(=O)O[C@@]1(C(=O)O)C[C@H](O)[C@@H](N)[C@](C(C)=O)([C@](OC(C)=O)(C(C)=O)[C@@](CO)(OC(C)=O)C(C)=O)O1. The topological polar surface area (TPSA) is 243 Å². The molecule has 0 aromatic carbocycles. The van der Waals surface area contributed by atoms with Crippen molar-refractivity contribution in [2.45, 2.75) is 82.7 Å². The molecule has 0 aromatic rings. The third-order valence-corrected chi connectivity index (χ3v) is 5.84. The fraction of sp³-hybridized carbons (Fsp3) is 0.667. The zero-order chi connectivity index (χ0) is 28.4. The van der Waals surface area contributed by atoms with E-state index in [1.165, 1.54) is 0 Å². The molecular weight excluding hydrogens is 490 g/mol. The first kappa shape index (κ1) is 30.8. The number of aliphatic hydroxyl groups excluding tert-OH is 2. The second-order valence-electron chi connectivity index (χ2n) is 8.31. The Labute approximate surface area is 204 Å². The van der Waals surface area contributed by atoms with Crippen molar-refractivity contribution in [2.24, 2.45) is 5.73 Å². The highest BCUT2D eigenvalue weighted by Crippen LogP contribution is 2.51. The Morgan fingerprint density at radius 1 is 0.917 bits per heavy atom. The van der Waals surface area contributed by atoms with Gasteiger partial charge in [0, 0.05) is 20.8 Å². The molecule has 0 aromatic heterocycles. The maximum absolute atomic E-state index is 13.4. The van der Waals surface area contributed by atoms with E-state index in [1.807, 2.05) is 0 Å². The molecule has 0 amide bonds. The molecule has 6 atom stereocenters. The van der Waals surface area contributed by atoms with Crippen molar-refractivity contribution >= 4 is 41.2 Å². The molecule has 0 unspecified atom stereocenters. The number of carboxylic acid groups (broad SMARTS) is 1. The highest BCUT2D eigenvalue weighted by Gasteiger charge is 2.81. The summed E-state index contributed by atoms with van der Waals surface area (Å²) in [4.78, 5) is 88.2. The summed E-state index contributed by atoms with van der Waals surface area (Å²) < 4.78 is 20.6. The van der Waals surface area contributed by atoms with Crippen LogP contribution in [0.3, 0.4) is 0 Å². The number of nitrogens with two attached hydrogens (primary N) is 1. The summed E-state index contributed by atoms with van der Waals surface area (Å²) >= 11 is 0. The van der Waals surface area contributed by atoms with Gasteiger partial charge in [-0.25, -0.2) is 4.79 Å². The number of hydrogen-bond acceptors (Lipinski definition) is 14. The lowest BCUT2D eigenvalue weighted by Crippen LogP contribution is -2.87. The Morgan fingerprint density at radius 3 is 1.72 bits per heavy atom. The Bertz CT molecular complexity index is 993. The van der Waals surface area contributed by atoms with Gasteiger partial charge < -0.3 is 40.0 Å². The molecule has 1 saturated heterocycles. The molecule has 0 aliphatic carbocycles. The van der Waals surface area contributed by atoms with Gasteiger partial charge in [-0.3, -0.25) is 28.8 Å². The third kappa shape index (κ3) is 4.50. The normalized spacial score (nSPS) is 29.0. The second-order valence-corrected chi connectivity index (χ2v) is 8.31. The average Bonchev–Trinajstić information content (AvgIpc) is 2.71. The Hall–Kier alpha value is -3.27. The van der Waals surface area contributed by atoms with Crippen LogP contribution in [-0.2, 0) is 52.5 Å². The molecule has 1 fully saturated rings. The standard InChI is InChI=1S/C21H29NO14/c1-9(24)18(8-23,33-12(4)27)21(11(3)26,35-14(6)29)20(10(2)25)16(22)15(30)7-19(36-20,17(31)32)34-13(5)28/h15-16,23,30H,7-8,22H2,1-6H3,(H,31,32)/t15-,16+,18-,19-,20+,21-/m0/s1. The number of ketones is 3. The fourth-order valence-corrected chi connectivity index (χ4v) is 4.56. The number of esters is 3. The number of hydrogen-bond donors (Lipinski definition) is 4. The molecule has 0 spiro atoms. The Kier molecular flexibility index (Phi) is 8.87. The summed E-state index contributed by atoms with van der Waals surface area (Å²) in [6, 6.07) is -2.18. The summed E-state index contributed by atoms with van der Waals surface area (Å²) in [5.41, 5.74) is -4.09. The maximum Gasteiger partial charge on any atom is 0.377 e. The van der Waals surface area contributed by atoms with Gasteiger partial charge in [0.25, 0.3) is 5.60 Å². The van der Waals surface area contributed by atoms with Crippen LogP contribution in [0.25, 0.3) is 0 Å². The minimum atomic E-state index is -3.54. The molecule has 1 rings (SSSR count). The van der Waals surface area contributed by atoms with Crippen molar-refractivity contribution in [3.63, 3.8) is 0 Å². The van der Waals surface area contributed by atoms with E-state index < -0.39 is 89.0 Å². The molecule has 0 bridgehead atoms. The molecule has 15 heteroatoms. The number of carboxylic acids is 1. The average molecular weight is 519 g/mol. The summed E-state index contributed by atoms with van der Waals surface area (Å²) in [5.74, 6) is -13.6.